The van der Waals surface area contributed by atoms with Gasteiger partial charge in [0.05, 0.1) is 6.20 Å². The molecule has 2 aromatic heterocycles. The van der Waals surface area contributed by atoms with Gasteiger partial charge in [-0.2, -0.15) is 0 Å². The summed E-state index contributed by atoms with van der Waals surface area (Å²) in [6.45, 7) is 1.20. The topological polar surface area (TPSA) is 81.9 Å². The number of nitrogens with zero attached hydrogens (tertiary/aromatic N) is 4. The van der Waals surface area contributed by atoms with Crippen molar-refractivity contribution in [3.63, 3.8) is 0 Å². The summed E-state index contributed by atoms with van der Waals surface area (Å²) >= 11 is 7.26. The number of nitrogens with one attached hydrogen (secondary N) is 1. The van der Waals surface area contributed by atoms with E-state index >= 15 is 0 Å². The molecular weight excluding hydrogens is 446 g/mol. The van der Waals surface area contributed by atoms with Crippen molar-refractivity contribution in [3.05, 3.63) is 87.6 Å². The third kappa shape index (κ3) is 6.38. The molecule has 9 heteroatoms. The van der Waals surface area contributed by atoms with E-state index in [0.29, 0.717) is 23.0 Å². The van der Waals surface area contributed by atoms with E-state index < -0.39 is 0 Å². The number of thiazole rings is 1. The number of rotatable bonds is 10. The fourth-order valence-electron chi connectivity index (χ4n) is 3.06. The van der Waals surface area contributed by atoms with Crippen molar-refractivity contribution < 1.29 is 9.53 Å². The fraction of sp³-hybridized carbons (Fsp3) is 0.217. The van der Waals surface area contributed by atoms with Crippen LogP contribution in [0.15, 0.2) is 66.3 Å². The standard InChI is InChI=1S/C23H22ClN5O2S/c24-18-6-8-19(9-7-18)26-23(30)21-16-32-22(27-21)15-31-20-10-4-17(5-11-20)3-1-2-13-29-14-12-25-28-29/h4-12,14,16H,1-3,13,15H2,(H,26,30). The van der Waals surface area contributed by atoms with Crippen LogP contribution in [0.1, 0.15) is 33.9 Å². The molecule has 0 atom stereocenters. The van der Waals surface area contributed by atoms with Gasteiger partial charge >= 0.3 is 0 Å². The Morgan fingerprint density at radius 1 is 1.09 bits per heavy atom. The lowest BCUT2D eigenvalue weighted by Gasteiger charge is -2.06. The minimum atomic E-state index is -0.261. The summed E-state index contributed by atoms with van der Waals surface area (Å²) in [6, 6.07) is 15.0. The highest BCUT2D eigenvalue weighted by atomic mass is 35.5. The molecule has 0 saturated heterocycles. The minimum absolute atomic E-state index is 0.261. The summed E-state index contributed by atoms with van der Waals surface area (Å²) in [5, 5.41) is 13.7. The predicted molar refractivity (Wildman–Crippen MR) is 125 cm³/mol. The number of ether oxygens (including phenoxy) is 1. The molecule has 0 fully saturated rings. The highest BCUT2D eigenvalue weighted by molar-refractivity contribution is 7.09. The zero-order valence-electron chi connectivity index (χ0n) is 17.3. The average Bonchev–Trinajstić information content (AvgIpc) is 3.50. The van der Waals surface area contributed by atoms with Gasteiger partial charge in [0.25, 0.3) is 5.91 Å². The Hall–Kier alpha value is -3.23. The Labute approximate surface area is 195 Å². The number of carbonyl (C=O) groups excluding carboxylic acids is 1. The number of aromatic nitrogens is 4. The number of aryl methyl sites for hydroxylation is 2. The summed E-state index contributed by atoms with van der Waals surface area (Å²) in [5.41, 5.74) is 2.31. The highest BCUT2D eigenvalue weighted by Crippen LogP contribution is 2.19. The Balaban J connectivity index is 1.21. The zero-order valence-corrected chi connectivity index (χ0v) is 18.9. The molecule has 0 aliphatic heterocycles. The molecule has 32 heavy (non-hydrogen) atoms. The van der Waals surface area contributed by atoms with Crippen molar-refractivity contribution in [2.45, 2.75) is 32.4 Å². The molecular formula is C23H22ClN5O2S. The maximum absolute atomic E-state index is 12.4. The van der Waals surface area contributed by atoms with Gasteiger partial charge in [-0.3, -0.25) is 9.48 Å². The number of carbonyl (C=O) groups is 1. The highest BCUT2D eigenvalue weighted by Gasteiger charge is 2.11. The third-order valence-electron chi connectivity index (χ3n) is 4.75. The number of halogens is 1. The van der Waals surface area contributed by atoms with Crippen molar-refractivity contribution in [1.29, 1.82) is 0 Å². The number of amides is 1. The molecule has 1 N–H and O–H groups in total. The number of benzene rings is 2. The van der Waals surface area contributed by atoms with Crippen molar-refractivity contribution in [2.24, 2.45) is 0 Å². The molecule has 4 rings (SSSR count). The van der Waals surface area contributed by atoms with Crippen LogP contribution in [-0.4, -0.2) is 25.9 Å². The van der Waals surface area contributed by atoms with E-state index in [4.69, 9.17) is 16.3 Å². The van der Waals surface area contributed by atoms with Crippen LogP contribution in [0.2, 0.25) is 5.02 Å². The summed E-state index contributed by atoms with van der Waals surface area (Å²) in [7, 11) is 0. The van der Waals surface area contributed by atoms with Gasteiger partial charge < -0.3 is 10.1 Å². The van der Waals surface area contributed by atoms with Crippen molar-refractivity contribution >= 4 is 34.5 Å². The first kappa shape index (κ1) is 22.0. The van der Waals surface area contributed by atoms with E-state index in [-0.39, 0.29) is 5.91 Å². The monoisotopic (exact) mass is 467 g/mol. The smallest absolute Gasteiger partial charge is 0.275 e. The first-order valence-corrected chi connectivity index (χ1v) is 11.5. The molecule has 0 bridgehead atoms. The Morgan fingerprint density at radius 3 is 2.66 bits per heavy atom. The van der Waals surface area contributed by atoms with Gasteiger partial charge in [-0.1, -0.05) is 28.9 Å². The van der Waals surface area contributed by atoms with E-state index in [2.05, 4.69) is 32.7 Å². The molecule has 0 spiro atoms. The van der Waals surface area contributed by atoms with Crippen LogP contribution in [0, 0.1) is 0 Å². The average molecular weight is 468 g/mol. The first-order chi connectivity index (χ1) is 15.7. The van der Waals surface area contributed by atoms with Crippen LogP contribution in [0.5, 0.6) is 5.75 Å². The van der Waals surface area contributed by atoms with Gasteiger partial charge in [0, 0.05) is 28.8 Å². The lowest BCUT2D eigenvalue weighted by Crippen LogP contribution is -2.12. The lowest BCUT2D eigenvalue weighted by atomic mass is 10.1. The molecule has 4 aromatic rings. The van der Waals surface area contributed by atoms with Gasteiger partial charge in [0.15, 0.2) is 0 Å². The van der Waals surface area contributed by atoms with Gasteiger partial charge in [-0.25, -0.2) is 4.98 Å². The van der Waals surface area contributed by atoms with Crippen LogP contribution < -0.4 is 10.1 Å². The number of anilines is 1. The van der Waals surface area contributed by atoms with Gasteiger partial charge in [0.2, 0.25) is 0 Å². The van der Waals surface area contributed by atoms with Gasteiger partial charge in [0.1, 0.15) is 23.1 Å². The SMILES string of the molecule is O=C(Nc1ccc(Cl)cc1)c1csc(COc2ccc(CCCCn3ccnn3)cc2)n1. The van der Waals surface area contributed by atoms with Crippen molar-refractivity contribution in [2.75, 3.05) is 5.32 Å². The zero-order chi connectivity index (χ0) is 22.2. The van der Waals surface area contributed by atoms with Crippen molar-refractivity contribution in [1.82, 2.24) is 20.0 Å². The molecule has 0 aliphatic rings. The van der Waals surface area contributed by atoms with Crippen LogP contribution in [0.25, 0.3) is 0 Å². The maximum atomic E-state index is 12.4. The quantitative estimate of drug-likeness (QED) is 0.322. The van der Waals surface area contributed by atoms with Gasteiger partial charge in [-0.15, -0.1) is 16.4 Å². The van der Waals surface area contributed by atoms with E-state index in [0.717, 1.165) is 36.6 Å². The second-order valence-corrected chi connectivity index (χ2v) is 8.52. The molecule has 0 unspecified atom stereocenters. The van der Waals surface area contributed by atoms with E-state index in [9.17, 15) is 4.79 Å². The molecule has 1 amide bonds. The van der Waals surface area contributed by atoms with Crippen LogP contribution in [0.3, 0.4) is 0 Å². The molecule has 2 aromatic carbocycles. The van der Waals surface area contributed by atoms with Crippen molar-refractivity contribution in [3.8, 4) is 5.75 Å². The molecule has 0 aliphatic carbocycles. The Kier molecular flexibility index (Phi) is 7.47. The maximum Gasteiger partial charge on any atom is 0.275 e. The summed E-state index contributed by atoms with van der Waals surface area (Å²) in [4.78, 5) is 16.7. The van der Waals surface area contributed by atoms with Crippen LogP contribution in [0.4, 0.5) is 5.69 Å². The molecule has 164 valence electrons. The molecule has 2 heterocycles. The number of hydrogen-bond acceptors (Lipinski definition) is 6. The largest absolute Gasteiger partial charge is 0.486 e. The predicted octanol–water partition coefficient (Wildman–Crippen LogP) is 5.24. The Morgan fingerprint density at radius 2 is 1.91 bits per heavy atom. The Bertz CT molecular complexity index is 1130. The van der Waals surface area contributed by atoms with E-state index in [1.54, 1.807) is 35.8 Å². The second-order valence-electron chi connectivity index (χ2n) is 7.14. The summed E-state index contributed by atoms with van der Waals surface area (Å²) in [5.74, 6) is 0.515. The molecule has 0 radical (unpaired) electrons. The first-order valence-electron chi connectivity index (χ1n) is 10.2. The van der Waals surface area contributed by atoms with E-state index in [1.165, 1.54) is 16.9 Å². The third-order valence-corrected chi connectivity index (χ3v) is 5.82. The van der Waals surface area contributed by atoms with Crippen LogP contribution >= 0.6 is 22.9 Å². The number of unbranched alkanes of at least 4 members (excludes halogenated alkanes) is 1. The molecule has 7 nitrogen and oxygen atoms in total. The normalized spacial score (nSPS) is 10.8. The minimum Gasteiger partial charge on any atom is -0.486 e. The molecule has 0 saturated carbocycles. The summed E-state index contributed by atoms with van der Waals surface area (Å²) < 4.78 is 7.68. The number of hydrogen-bond donors (Lipinski definition) is 1. The van der Waals surface area contributed by atoms with E-state index in [1.807, 2.05) is 23.0 Å². The second kappa shape index (κ2) is 10.9. The lowest BCUT2D eigenvalue weighted by molar-refractivity contribution is 0.102. The summed E-state index contributed by atoms with van der Waals surface area (Å²) in [6.07, 6.45) is 6.72. The van der Waals surface area contributed by atoms with Crippen LogP contribution in [-0.2, 0) is 19.6 Å². The van der Waals surface area contributed by atoms with Gasteiger partial charge in [-0.05, 0) is 61.2 Å². The fourth-order valence-corrected chi connectivity index (χ4v) is 3.87.